The van der Waals surface area contributed by atoms with Gasteiger partial charge in [-0.25, -0.2) is 9.37 Å². The van der Waals surface area contributed by atoms with E-state index in [0.29, 0.717) is 5.69 Å². The van der Waals surface area contributed by atoms with E-state index in [4.69, 9.17) is 11.5 Å². The van der Waals surface area contributed by atoms with Crippen molar-refractivity contribution in [1.82, 2.24) is 9.97 Å². The van der Waals surface area contributed by atoms with Gasteiger partial charge in [-0.05, 0) is 43.2 Å². The van der Waals surface area contributed by atoms with Crippen LogP contribution in [0.5, 0.6) is 0 Å². The molecular weight excluding hydrogens is 359 g/mol. The normalized spacial score (nSPS) is 19.5. The first-order valence-electron chi connectivity index (χ1n) is 9.38. The maximum atomic E-state index is 14.6. The second-order valence-corrected chi connectivity index (χ2v) is 7.18. The average Bonchev–Trinajstić information content (AvgIpc) is 3.13. The van der Waals surface area contributed by atoms with Crippen LogP contribution in [0.15, 0.2) is 36.5 Å². The predicted molar refractivity (Wildman–Crippen MR) is 108 cm³/mol. The SMILES string of the molecule is NC(=O)c1cc(F)c(N[C@@H]2CCCC[C@@H]2N)nc1Nc1ccc2[nH]ccc2c1. The van der Waals surface area contributed by atoms with Crippen molar-refractivity contribution in [3.8, 4) is 0 Å². The molecule has 146 valence electrons. The molecule has 1 aromatic carbocycles. The molecule has 0 aliphatic heterocycles. The summed E-state index contributed by atoms with van der Waals surface area (Å²) < 4.78 is 14.6. The lowest BCUT2D eigenvalue weighted by Crippen LogP contribution is -2.43. The Bertz CT molecular complexity index is 1020. The predicted octanol–water partition coefficient (Wildman–Crippen LogP) is 3.23. The third-order valence-electron chi connectivity index (χ3n) is 5.20. The number of nitrogens with one attached hydrogen (secondary N) is 3. The first-order chi connectivity index (χ1) is 13.5. The number of primary amides is 1. The fourth-order valence-electron chi connectivity index (χ4n) is 3.66. The van der Waals surface area contributed by atoms with Crippen LogP contribution in [-0.4, -0.2) is 28.0 Å². The molecule has 7 N–H and O–H groups in total. The Morgan fingerprint density at radius 3 is 2.79 bits per heavy atom. The minimum absolute atomic E-state index is 0.00911. The molecule has 7 nitrogen and oxygen atoms in total. The molecular formula is C20H23FN6O. The first kappa shape index (κ1) is 18.2. The van der Waals surface area contributed by atoms with Gasteiger partial charge in [0, 0.05) is 34.9 Å². The molecule has 0 unspecified atom stereocenters. The van der Waals surface area contributed by atoms with Gasteiger partial charge in [0.05, 0.1) is 5.56 Å². The summed E-state index contributed by atoms with van der Waals surface area (Å²) in [6.45, 7) is 0. The Kier molecular flexibility index (Phi) is 4.87. The molecule has 1 fully saturated rings. The van der Waals surface area contributed by atoms with Crippen molar-refractivity contribution in [3.05, 3.63) is 47.9 Å². The Balaban J connectivity index is 1.66. The average molecular weight is 382 g/mol. The molecule has 1 amide bonds. The highest BCUT2D eigenvalue weighted by atomic mass is 19.1. The van der Waals surface area contributed by atoms with Crippen molar-refractivity contribution >= 4 is 34.1 Å². The van der Waals surface area contributed by atoms with E-state index in [1.807, 2.05) is 30.5 Å². The lowest BCUT2D eigenvalue weighted by molar-refractivity contribution is 0.100. The number of hydrogen-bond acceptors (Lipinski definition) is 5. The van der Waals surface area contributed by atoms with Crippen molar-refractivity contribution < 1.29 is 9.18 Å². The van der Waals surface area contributed by atoms with Crippen molar-refractivity contribution in [3.63, 3.8) is 0 Å². The van der Waals surface area contributed by atoms with E-state index < -0.39 is 11.7 Å². The number of carbonyl (C=O) groups excluding carboxylic acids is 1. The summed E-state index contributed by atoms with van der Waals surface area (Å²) in [6.07, 6.45) is 5.69. The number of hydrogen-bond donors (Lipinski definition) is 5. The molecule has 2 heterocycles. The Morgan fingerprint density at radius 2 is 2.00 bits per heavy atom. The monoisotopic (exact) mass is 382 g/mol. The highest BCUT2D eigenvalue weighted by molar-refractivity contribution is 5.99. The Hall–Kier alpha value is -3.13. The number of fused-ring (bicyclic) bond motifs is 1. The minimum atomic E-state index is -0.752. The molecule has 8 heteroatoms. The lowest BCUT2D eigenvalue weighted by atomic mass is 9.91. The molecule has 1 saturated carbocycles. The number of pyridine rings is 1. The molecule has 28 heavy (non-hydrogen) atoms. The summed E-state index contributed by atoms with van der Waals surface area (Å²) in [5.74, 6) is -1.11. The van der Waals surface area contributed by atoms with Gasteiger partial charge in [-0.2, -0.15) is 0 Å². The molecule has 0 radical (unpaired) electrons. The molecule has 0 saturated heterocycles. The van der Waals surface area contributed by atoms with E-state index in [2.05, 4.69) is 20.6 Å². The highest BCUT2D eigenvalue weighted by Gasteiger charge is 2.24. The zero-order valence-corrected chi connectivity index (χ0v) is 15.3. The number of rotatable bonds is 5. The zero-order valence-electron chi connectivity index (χ0n) is 15.3. The second-order valence-electron chi connectivity index (χ2n) is 7.18. The van der Waals surface area contributed by atoms with Gasteiger partial charge in [0.15, 0.2) is 11.6 Å². The third kappa shape index (κ3) is 3.63. The number of H-pyrrole nitrogens is 1. The number of carbonyl (C=O) groups is 1. The van der Waals surface area contributed by atoms with E-state index in [1.165, 1.54) is 0 Å². The lowest BCUT2D eigenvalue weighted by Gasteiger charge is -2.30. The molecule has 1 aliphatic carbocycles. The van der Waals surface area contributed by atoms with Gasteiger partial charge in [0.1, 0.15) is 5.82 Å². The molecule has 0 spiro atoms. The van der Waals surface area contributed by atoms with Gasteiger partial charge in [0.2, 0.25) is 0 Å². The Morgan fingerprint density at radius 1 is 1.18 bits per heavy atom. The summed E-state index contributed by atoms with van der Waals surface area (Å²) in [4.78, 5) is 19.3. The van der Waals surface area contributed by atoms with Crippen LogP contribution in [0, 0.1) is 5.82 Å². The fourth-order valence-corrected chi connectivity index (χ4v) is 3.66. The summed E-state index contributed by atoms with van der Waals surface area (Å²) in [5, 5.41) is 7.20. The quantitative estimate of drug-likeness (QED) is 0.464. The van der Waals surface area contributed by atoms with Crippen LogP contribution in [0.25, 0.3) is 10.9 Å². The molecule has 2 atom stereocenters. The third-order valence-corrected chi connectivity index (χ3v) is 5.20. The van der Waals surface area contributed by atoms with Crippen LogP contribution in [0.2, 0.25) is 0 Å². The molecule has 2 aromatic heterocycles. The van der Waals surface area contributed by atoms with Gasteiger partial charge < -0.3 is 27.1 Å². The van der Waals surface area contributed by atoms with E-state index in [1.54, 1.807) is 0 Å². The molecule has 4 rings (SSSR count). The van der Waals surface area contributed by atoms with Crippen molar-refractivity contribution in [2.45, 2.75) is 37.8 Å². The number of amides is 1. The van der Waals surface area contributed by atoms with Crippen molar-refractivity contribution in [2.24, 2.45) is 11.5 Å². The minimum Gasteiger partial charge on any atom is -0.365 e. The maximum Gasteiger partial charge on any atom is 0.252 e. The van der Waals surface area contributed by atoms with Gasteiger partial charge in [-0.3, -0.25) is 4.79 Å². The Labute approximate surface area is 161 Å². The summed E-state index contributed by atoms with van der Waals surface area (Å²) in [6, 6.07) is 8.60. The first-order valence-corrected chi connectivity index (χ1v) is 9.38. The van der Waals surface area contributed by atoms with E-state index in [9.17, 15) is 9.18 Å². The highest BCUT2D eigenvalue weighted by Crippen LogP contribution is 2.27. The molecule has 3 aromatic rings. The van der Waals surface area contributed by atoms with Crippen LogP contribution in [0.1, 0.15) is 36.0 Å². The smallest absolute Gasteiger partial charge is 0.252 e. The summed E-state index contributed by atoms with van der Waals surface area (Å²) >= 11 is 0. The number of halogens is 1. The van der Waals surface area contributed by atoms with Crippen LogP contribution in [0.4, 0.5) is 21.7 Å². The van der Waals surface area contributed by atoms with Crippen molar-refractivity contribution in [1.29, 1.82) is 0 Å². The van der Waals surface area contributed by atoms with Gasteiger partial charge in [0.25, 0.3) is 5.91 Å². The molecule has 1 aliphatic rings. The van der Waals surface area contributed by atoms with Crippen molar-refractivity contribution in [2.75, 3.05) is 10.6 Å². The molecule has 0 bridgehead atoms. The van der Waals surface area contributed by atoms with Crippen LogP contribution in [-0.2, 0) is 0 Å². The number of benzene rings is 1. The number of nitrogens with two attached hydrogens (primary N) is 2. The van der Waals surface area contributed by atoms with Gasteiger partial charge >= 0.3 is 0 Å². The van der Waals surface area contributed by atoms with E-state index in [-0.39, 0.29) is 29.3 Å². The topological polar surface area (TPSA) is 122 Å². The standard InChI is InChI=1S/C20H23FN6O/c21-14-10-13(18(23)28)19(25-12-5-6-16-11(9-12)7-8-24-16)27-20(14)26-17-4-2-1-3-15(17)22/h5-10,15,17,24H,1-4,22H2,(H2,23,28)(H2,25,26,27)/t15-,17+/m0/s1. The number of nitrogens with zero attached hydrogens (tertiary/aromatic N) is 1. The summed E-state index contributed by atoms with van der Waals surface area (Å²) in [7, 11) is 0. The van der Waals surface area contributed by atoms with E-state index in [0.717, 1.165) is 42.7 Å². The van der Waals surface area contributed by atoms with E-state index >= 15 is 0 Å². The van der Waals surface area contributed by atoms with Gasteiger partial charge in [-0.1, -0.05) is 12.8 Å². The van der Waals surface area contributed by atoms with Crippen LogP contribution >= 0.6 is 0 Å². The number of anilines is 3. The van der Waals surface area contributed by atoms with Crippen LogP contribution in [0.3, 0.4) is 0 Å². The second kappa shape index (κ2) is 7.47. The maximum absolute atomic E-state index is 14.6. The number of aromatic nitrogens is 2. The largest absolute Gasteiger partial charge is 0.365 e. The fraction of sp³-hybridized carbons (Fsp3) is 0.300. The van der Waals surface area contributed by atoms with Gasteiger partial charge in [-0.15, -0.1) is 0 Å². The summed E-state index contributed by atoms with van der Waals surface area (Å²) in [5.41, 5.74) is 13.3. The van der Waals surface area contributed by atoms with Crippen LogP contribution < -0.4 is 22.1 Å². The zero-order chi connectivity index (χ0) is 19.7. The number of aromatic amines is 1.